The highest BCUT2D eigenvalue weighted by molar-refractivity contribution is 8.93. The van der Waals surface area contributed by atoms with Crippen molar-refractivity contribution in [3.8, 4) is 0 Å². The molecule has 0 aromatic carbocycles. The molecule has 0 radical (unpaired) electrons. The number of carbonyl (C=O) groups is 2. The molecule has 0 bridgehead atoms. The van der Waals surface area contributed by atoms with E-state index < -0.39 is 5.97 Å². The lowest BCUT2D eigenvalue weighted by Crippen LogP contribution is -2.37. The minimum atomic E-state index is -0.717. The second-order valence-corrected chi connectivity index (χ2v) is 8.27. The number of carboxylic acid groups (broad SMARTS) is 1. The third-order valence-electron chi connectivity index (χ3n) is 5.38. The average Bonchev–Trinajstić information content (AvgIpc) is 3.12. The molecule has 3 N–H and O–H groups in total. The third-order valence-corrected chi connectivity index (χ3v) is 6.54. The van der Waals surface area contributed by atoms with E-state index in [1.54, 1.807) is 6.20 Å². The van der Waals surface area contributed by atoms with Crippen molar-refractivity contribution in [3.05, 3.63) is 16.1 Å². The highest BCUT2D eigenvalue weighted by Gasteiger charge is 2.25. The van der Waals surface area contributed by atoms with E-state index >= 15 is 0 Å². The van der Waals surface area contributed by atoms with Gasteiger partial charge in [-0.3, -0.25) is 9.59 Å². The SMILES string of the molecule is Br.O=C(O)CCC1CCC(NC(=O)c2cnc(C3CCNCC3)s2)CC1. The molecule has 26 heavy (non-hydrogen) atoms. The number of aliphatic carboxylic acids is 1. The summed E-state index contributed by atoms with van der Waals surface area (Å²) in [5.74, 6) is 0.244. The molecule has 1 aromatic heterocycles. The molecule has 0 spiro atoms. The quantitative estimate of drug-likeness (QED) is 0.624. The fourth-order valence-corrected chi connectivity index (χ4v) is 4.82. The Morgan fingerprint density at radius 3 is 2.54 bits per heavy atom. The van der Waals surface area contributed by atoms with Crippen LogP contribution in [0.4, 0.5) is 0 Å². The molecule has 8 heteroatoms. The van der Waals surface area contributed by atoms with Crippen LogP contribution in [-0.4, -0.2) is 41.1 Å². The minimum absolute atomic E-state index is 0. The van der Waals surface area contributed by atoms with E-state index in [9.17, 15) is 9.59 Å². The lowest BCUT2D eigenvalue weighted by atomic mass is 9.83. The third kappa shape index (κ3) is 6.03. The molecule has 6 nitrogen and oxygen atoms in total. The van der Waals surface area contributed by atoms with Gasteiger partial charge in [-0.1, -0.05) is 0 Å². The molecule has 1 aliphatic heterocycles. The maximum Gasteiger partial charge on any atom is 0.303 e. The molecule has 2 aliphatic rings. The molecule has 146 valence electrons. The Kier molecular flexibility index (Phi) is 8.50. The Morgan fingerprint density at radius 1 is 1.19 bits per heavy atom. The first-order chi connectivity index (χ1) is 12.1. The van der Waals surface area contributed by atoms with Crippen molar-refractivity contribution in [2.24, 2.45) is 5.92 Å². The summed E-state index contributed by atoms with van der Waals surface area (Å²) in [5.41, 5.74) is 0. The Labute approximate surface area is 168 Å². The van der Waals surface area contributed by atoms with Gasteiger partial charge in [0.15, 0.2) is 0 Å². The van der Waals surface area contributed by atoms with E-state index in [0.29, 0.717) is 16.7 Å². The predicted molar refractivity (Wildman–Crippen MR) is 107 cm³/mol. The number of carbonyl (C=O) groups excluding carboxylic acids is 1. The number of rotatable bonds is 6. The van der Waals surface area contributed by atoms with Crippen molar-refractivity contribution in [2.75, 3.05) is 13.1 Å². The molecule has 3 rings (SSSR count). The molecule has 0 atom stereocenters. The number of nitrogens with one attached hydrogen (secondary N) is 2. The summed E-state index contributed by atoms with van der Waals surface area (Å²) in [4.78, 5) is 28.3. The van der Waals surface area contributed by atoms with Crippen molar-refractivity contribution in [1.82, 2.24) is 15.6 Å². The topological polar surface area (TPSA) is 91.3 Å². The average molecular weight is 446 g/mol. The largest absolute Gasteiger partial charge is 0.481 e. The maximum absolute atomic E-state index is 12.5. The van der Waals surface area contributed by atoms with Crippen LogP contribution in [0, 0.1) is 5.92 Å². The van der Waals surface area contributed by atoms with E-state index in [4.69, 9.17) is 5.11 Å². The minimum Gasteiger partial charge on any atom is -0.481 e. The number of piperidine rings is 1. The summed E-state index contributed by atoms with van der Waals surface area (Å²) in [5, 5.41) is 16.4. The van der Waals surface area contributed by atoms with Crippen molar-refractivity contribution >= 4 is 40.2 Å². The first-order valence-electron chi connectivity index (χ1n) is 9.31. The number of thiazole rings is 1. The molecule has 0 unspecified atom stereocenters. The lowest BCUT2D eigenvalue weighted by Gasteiger charge is -2.28. The van der Waals surface area contributed by atoms with Crippen molar-refractivity contribution in [2.45, 2.75) is 63.3 Å². The summed E-state index contributed by atoms with van der Waals surface area (Å²) in [6.07, 6.45) is 8.79. The molecule has 1 amide bonds. The summed E-state index contributed by atoms with van der Waals surface area (Å²) >= 11 is 1.53. The Balaban J connectivity index is 0.00000243. The normalized spacial score (nSPS) is 23.8. The van der Waals surface area contributed by atoms with E-state index in [1.807, 2.05) is 0 Å². The summed E-state index contributed by atoms with van der Waals surface area (Å²) in [6, 6.07) is 0.206. The Morgan fingerprint density at radius 2 is 1.88 bits per heavy atom. The fraction of sp³-hybridized carbons (Fsp3) is 0.722. The second-order valence-electron chi connectivity index (χ2n) is 7.21. The van der Waals surface area contributed by atoms with Gasteiger partial charge in [-0.15, -0.1) is 28.3 Å². The summed E-state index contributed by atoms with van der Waals surface area (Å²) in [6.45, 7) is 2.05. The second kappa shape index (κ2) is 10.4. The monoisotopic (exact) mass is 445 g/mol. The van der Waals surface area contributed by atoms with Crippen LogP contribution in [0.15, 0.2) is 6.20 Å². The molecular formula is C18H28BrN3O3S. The van der Waals surface area contributed by atoms with Gasteiger partial charge in [-0.25, -0.2) is 4.98 Å². The van der Waals surface area contributed by atoms with Crippen molar-refractivity contribution in [3.63, 3.8) is 0 Å². The van der Waals surface area contributed by atoms with Gasteiger partial charge < -0.3 is 15.7 Å². The van der Waals surface area contributed by atoms with Crippen LogP contribution in [0.25, 0.3) is 0 Å². The van der Waals surface area contributed by atoms with Crippen LogP contribution in [0.5, 0.6) is 0 Å². The van der Waals surface area contributed by atoms with Gasteiger partial charge in [0.2, 0.25) is 0 Å². The number of aromatic nitrogens is 1. The van der Waals surface area contributed by atoms with Gasteiger partial charge in [0, 0.05) is 18.4 Å². The number of halogens is 1. The number of carboxylic acids is 1. The highest BCUT2D eigenvalue weighted by Crippen LogP contribution is 2.30. The van der Waals surface area contributed by atoms with E-state index in [-0.39, 0.29) is 35.4 Å². The summed E-state index contributed by atoms with van der Waals surface area (Å²) < 4.78 is 0. The lowest BCUT2D eigenvalue weighted by molar-refractivity contribution is -0.137. The molecule has 1 aliphatic carbocycles. The van der Waals surface area contributed by atoms with Crippen LogP contribution in [-0.2, 0) is 4.79 Å². The first-order valence-corrected chi connectivity index (χ1v) is 10.1. The van der Waals surface area contributed by atoms with Crippen LogP contribution >= 0.6 is 28.3 Å². The zero-order valence-electron chi connectivity index (χ0n) is 14.9. The predicted octanol–water partition coefficient (Wildman–Crippen LogP) is 3.34. The number of amides is 1. The van der Waals surface area contributed by atoms with Gasteiger partial charge >= 0.3 is 5.97 Å². The number of nitrogens with zero attached hydrogens (tertiary/aromatic N) is 1. The first kappa shape index (κ1) is 21.3. The van der Waals surface area contributed by atoms with Crippen LogP contribution in [0.1, 0.15) is 72.0 Å². The molecule has 2 heterocycles. The molecule has 1 saturated heterocycles. The van der Waals surface area contributed by atoms with E-state index in [0.717, 1.165) is 63.0 Å². The molecule has 1 aromatic rings. The van der Waals surface area contributed by atoms with Gasteiger partial charge in [-0.05, 0) is 64.0 Å². The van der Waals surface area contributed by atoms with Crippen LogP contribution in [0.3, 0.4) is 0 Å². The van der Waals surface area contributed by atoms with Gasteiger partial charge in [0.25, 0.3) is 5.91 Å². The van der Waals surface area contributed by atoms with E-state index in [2.05, 4.69) is 15.6 Å². The molecule has 1 saturated carbocycles. The number of hydrogen-bond acceptors (Lipinski definition) is 5. The van der Waals surface area contributed by atoms with Gasteiger partial charge in [-0.2, -0.15) is 0 Å². The fourth-order valence-electron chi connectivity index (χ4n) is 3.83. The zero-order valence-corrected chi connectivity index (χ0v) is 17.4. The van der Waals surface area contributed by atoms with Crippen molar-refractivity contribution < 1.29 is 14.7 Å². The van der Waals surface area contributed by atoms with Crippen LogP contribution < -0.4 is 10.6 Å². The Hall–Kier alpha value is -0.990. The number of hydrogen-bond donors (Lipinski definition) is 3. The van der Waals surface area contributed by atoms with E-state index in [1.165, 1.54) is 11.3 Å². The maximum atomic E-state index is 12.5. The highest BCUT2D eigenvalue weighted by atomic mass is 79.9. The standard InChI is InChI=1S/C18H27N3O3S.BrH/c22-16(23)6-3-12-1-4-14(5-2-12)21-17(24)15-11-20-18(25-15)13-7-9-19-10-8-13;/h11-14,19H,1-10H2,(H,21,24)(H,22,23);1H. The zero-order chi connectivity index (χ0) is 17.6. The smallest absolute Gasteiger partial charge is 0.303 e. The van der Waals surface area contributed by atoms with Gasteiger partial charge in [0.05, 0.1) is 11.2 Å². The Bertz CT molecular complexity index is 596. The summed E-state index contributed by atoms with van der Waals surface area (Å²) in [7, 11) is 0. The van der Waals surface area contributed by atoms with Crippen molar-refractivity contribution in [1.29, 1.82) is 0 Å². The molecular weight excluding hydrogens is 418 g/mol. The molecule has 2 fully saturated rings. The van der Waals surface area contributed by atoms with Gasteiger partial charge in [0.1, 0.15) is 4.88 Å². The van der Waals surface area contributed by atoms with Crippen LogP contribution in [0.2, 0.25) is 0 Å².